The van der Waals surface area contributed by atoms with Crippen LogP contribution >= 0.6 is 0 Å². The second kappa shape index (κ2) is 11.3. The SMILES string of the molecule is COc1cccc2cc(C(=O)N(Cc3ccc(F)cc3)[C@@H]3C=C(C(=O)NCCO)[C@@H]4c5ccccc5O[C@@H]4[C@H]3O)oc12. The molecule has 4 aromatic rings. The van der Waals surface area contributed by atoms with Crippen LogP contribution in [0, 0.1) is 5.82 Å². The van der Waals surface area contributed by atoms with Gasteiger partial charge in [0.25, 0.3) is 5.91 Å². The largest absolute Gasteiger partial charge is 0.493 e. The molecule has 0 bridgehead atoms. The molecule has 1 aliphatic heterocycles. The molecule has 3 aromatic carbocycles. The molecule has 2 aliphatic rings. The maximum absolute atomic E-state index is 14.2. The number of amides is 2. The van der Waals surface area contributed by atoms with E-state index in [-0.39, 0.29) is 25.5 Å². The van der Waals surface area contributed by atoms with Crippen LogP contribution in [0.3, 0.4) is 0 Å². The first-order valence-corrected chi connectivity index (χ1v) is 13.6. The number of furan rings is 1. The molecular weight excluding hydrogens is 543 g/mol. The number of hydrogen-bond donors (Lipinski definition) is 3. The van der Waals surface area contributed by atoms with E-state index in [0.29, 0.717) is 33.6 Å². The van der Waals surface area contributed by atoms with Crippen LogP contribution in [-0.2, 0) is 11.3 Å². The summed E-state index contributed by atoms with van der Waals surface area (Å²) in [6.45, 7) is -0.249. The fourth-order valence-corrected chi connectivity index (χ4v) is 5.73. The summed E-state index contributed by atoms with van der Waals surface area (Å²) in [6, 6.07) is 18.8. The monoisotopic (exact) mass is 572 g/mol. The van der Waals surface area contributed by atoms with Crippen molar-refractivity contribution in [2.75, 3.05) is 20.3 Å². The van der Waals surface area contributed by atoms with E-state index in [0.717, 1.165) is 5.56 Å². The normalized spacial score (nSPS) is 20.7. The van der Waals surface area contributed by atoms with Gasteiger partial charge >= 0.3 is 0 Å². The molecule has 3 N–H and O–H groups in total. The lowest BCUT2D eigenvalue weighted by atomic mass is 9.77. The fourth-order valence-electron chi connectivity index (χ4n) is 5.73. The molecule has 10 heteroatoms. The van der Waals surface area contributed by atoms with E-state index < -0.39 is 41.8 Å². The highest BCUT2D eigenvalue weighted by molar-refractivity contribution is 5.99. The summed E-state index contributed by atoms with van der Waals surface area (Å²) in [5.74, 6) is -1.03. The second-order valence-corrected chi connectivity index (χ2v) is 10.2. The molecule has 216 valence electrons. The number of aliphatic hydroxyl groups excluding tert-OH is 2. The Hall–Kier alpha value is -4.67. The minimum absolute atomic E-state index is 0.00115. The summed E-state index contributed by atoms with van der Waals surface area (Å²) in [5.41, 5.74) is 2.04. The molecule has 2 amide bonds. The molecule has 9 nitrogen and oxygen atoms in total. The van der Waals surface area contributed by atoms with Crippen molar-refractivity contribution in [1.82, 2.24) is 10.2 Å². The third kappa shape index (κ3) is 4.88. The van der Waals surface area contributed by atoms with E-state index in [1.807, 2.05) is 12.1 Å². The van der Waals surface area contributed by atoms with Crippen LogP contribution in [0.2, 0.25) is 0 Å². The van der Waals surface area contributed by atoms with Crippen LogP contribution in [-0.4, -0.2) is 65.4 Å². The smallest absolute Gasteiger partial charge is 0.290 e. The van der Waals surface area contributed by atoms with Gasteiger partial charge in [0, 0.05) is 29.6 Å². The number of hydrogen-bond acceptors (Lipinski definition) is 7. The molecule has 1 aliphatic carbocycles. The van der Waals surface area contributed by atoms with Crippen molar-refractivity contribution in [3.05, 3.63) is 107 Å². The Balaban J connectivity index is 1.45. The molecule has 0 saturated carbocycles. The Bertz CT molecular complexity index is 1670. The van der Waals surface area contributed by atoms with Gasteiger partial charge in [-0.05, 0) is 42.0 Å². The number of nitrogens with zero attached hydrogens (tertiary/aromatic N) is 1. The number of rotatable bonds is 8. The number of aliphatic hydroxyl groups is 2. The quantitative estimate of drug-likeness (QED) is 0.295. The van der Waals surface area contributed by atoms with Crippen LogP contribution < -0.4 is 14.8 Å². The zero-order chi connectivity index (χ0) is 29.4. The lowest BCUT2D eigenvalue weighted by molar-refractivity contribution is -0.118. The maximum Gasteiger partial charge on any atom is 0.290 e. The van der Waals surface area contributed by atoms with Crippen molar-refractivity contribution in [1.29, 1.82) is 0 Å². The maximum atomic E-state index is 14.2. The minimum atomic E-state index is -1.24. The first kappa shape index (κ1) is 27.5. The highest BCUT2D eigenvalue weighted by atomic mass is 19.1. The highest BCUT2D eigenvalue weighted by Crippen LogP contribution is 2.47. The zero-order valence-corrected chi connectivity index (χ0v) is 22.7. The van der Waals surface area contributed by atoms with E-state index in [1.165, 1.54) is 24.1 Å². The number of methoxy groups -OCH3 is 1. The number of ether oxygens (including phenoxy) is 2. The van der Waals surface area contributed by atoms with Gasteiger partial charge in [-0.15, -0.1) is 0 Å². The van der Waals surface area contributed by atoms with Gasteiger partial charge in [0.05, 0.1) is 25.7 Å². The predicted molar refractivity (Wildman–Crippen MR) is 151 cm³/mol. The molecule has 0 spiro atoms. The zero-order valence-electron chi connectivity index (χ0n) is 22.7. The molecule has 1 aromatic heterocycles. The van der Waals surface area contributed by atoms with E-state index in [1.54, 1.807) is 54.6 Å². The lowest BCUT2D eigenvalue weighted by Gasteiger charge is -2.40. The molecule has 6 rings (SSSR count). The van der Waals surface area contributed by atoms with Gasteiger partial charge in [0.15, 0.2) is 17.1 Å². The fraction of sp³-hybridized carbons (Fsp3) is 0.250. The molecule has 2 heterocycles. The number of para-hydroxylation sites is 2. The third-order valence-electron chi connectivity index (χ3n) is 7.70. The van der Waals surface area contributed by atoms with Crippen LogP contribution in [0.15, 0.2) is 88.9 Å². The standard InChI is InChI=1S/C32H29FN2O7/c1-40-25-8-4-5-19-15-26(42-29(19)25)32(39)35(17-18-9-11-20(33)12-10-18)23-16-22(31(38)34-13-14-36)27-21-6-2-3-7-24(21)41-30(27)28(23)37/h2-12,15-16,23,27-28,30,36-37H,13-14,17H2,1H3,(H,34,38)/t23-,27+,28+,30+/m1/s1. The van der Waals surface area contributed by atoms with Crippen molar-refractivity contribution in [2.45, 2.75) is 30.7 Å². The number of halogens is 1. The summed E-state index contributed by atoms with van der Waals surface area (Å²) in [5, 5.41) is 24.4. The summed E-state index contributed by atoms with van der Waals surface area (Å²) in [7, 11) is 1.50. The Kier molecular flexibility index (Phi) is 7.40. The number of carbonyl (C=O) groups excluding carboxylic acids is 2. The second-order valence-electron chi connectivity index (χ2n) is 10.2. The molecular formula is C32H29FN2O7. The number of fused-ring (bicyclic) bond motifs is 4. The van der Waals surface area contributed by atoms with Crippen molar-refractivity contribution in [3.63, 3.8) is 0 Å². The third-order valence-corrected chi connectivity index (χ3v) is 7.70. The molecule has 0 unspecified atom stereocenters. The van der Waals surface area contributed by atoms with Crippen LogP contribution in [0.5, 0.6) is 11.5 Å². The highest BCUT2D eigenvalue weighted by Gasteiger charge is 2.50. The van der Waals surface area contributed by atoms with Crippen molar-refractivity contribution in [3.8, 4) is 11.5 Å². The van der Waals surface area contributed by atoms with E-state index in [2.05, 4.69) is 5.32 Å². The summed E-state index contributed by atoms with van der Waals surface area (Å²) < 4.78 is 31.3. The Morgan fingerprint density at radius 1 is 1.07 bits per heavy atom. The topological polar surface area (TPSA) is 121 Å². The summed E-state index contributed by atoms with van der Waals surface area (Å²) in [4.78, 5) is 29.0. The summed E-state index contributed by atoms with van der Waals surface area (Å²) in [6.07, 6.45) is -0.527. The van der Waals surface area contributed by atoms with Gasteiger partial charge in [0.2, 0.25) is 5.91 Å². The molecule has 0 fully saturated rings. The van der Waals surface area contributed by atoms with Gasteiger partial charge in [-0.25, -0.2) is 4.39 Å². The Labute approximate surface area is 240 Å². The van der Waals surface area contributed by atoms with Gasteiger partial charge in [-0.1, -0.05) is 42.5 Å². The van der Waals surface area contributed by atoms with Crippen molar-refractivity contribution in [2.24, 2.45) is 0 Å². The lowest BCUT2D eigenvalue weighted by Crippen LogP contribution is -2.55. The first-order chi connectivity index (χ1) is 20.4. The van der Waals surface area contributed by atoms with Crippen LogP contribution in [0.25, 0.3) is 11.0 Å². The van der Waals surface area contributed by atoms with Crippen molar-refractivity contribution < 1.29 is 38.1 Å². The average Bonchev–Trinajstić information content (AvgIpc) is 3.62. The molecule has 0 saturated heterocycles. The van der Waals surface area contributed by atoms with Crippen LogP contribution in [0.1, 0.15) is 27.6 Å². The summed E-state index contributed by atoms with van der Waals surface area (Å²) >= 11 is 0. The number of carbonyl (C=O) groups is 2. The molecule has 42 heavy (non-hydrogen) atoms. The van der Waals surface area contributed by atoms with Crippen LogP contribution in [0.4, 0.5) is 4.39 Å². The molecule has 0 radical (unpaired) electrons. The molecule has 4 atom stereocenters. The van der Waals surface area contributed by atoms with Gasteiger partial charge < -0.3 is 34.3 Å². The average molecular weight is 573 g/mol. The number of benzene rings is 3. The van der Waals surface area contributed by atoms with Crippen molar-refractivity contribution >= 4 is 22.8 Å². The minimum Gasteiger partial charge on any atom is -0.493 e. The first-order valence-electron chi connectivity index (χ1n) is 13.6. The van der Waals surface area contributed by atoms with Gasteiger partial charge in [-0.2, -0.15) is 0 Å². The van der Waals surface area contributed by atoms with E-state index in [9.17, 15) is 24.2 Å². The number of nitrogens with one attached hydrogen (secondary N) is 1. The van der Waals surface area contributed by atoms with Gasteiger partial charge in [-0.3, -0.25) is 9.59 Å². The predicted octanol–water partition coefficient (Wildman–Crippen LogP) is 3.55. The van der Waals surface area contributed by atoms with Gasteiger partial charge in [0.1, 0.15) is 23.8 Å². The van der Waals surface area contributed by atoms with E-state index in [4.69, 9.17) is 13.9 Å². The Morgan fingerprint density at radius 3 is 2.62 bits per heavy atom. The van der Waals surface area contributed by atoms with E-state index >= 15 is 0 Å². The Morgan fingerprint density at radius 2 is 1.86 bits per heavy atom.